The number of hydrogen-bond donors (Lipinski definition) is 0. The summed E-state index contributed by atoms with van der Waals surface area (Å²) in [6, 6.07) is 0. The maximum absolute atomic E-state index is 12.5. The van der Waals surface area contributed by atoms with Gasteiger partial charge in [0.15, 0.2) is 0 Å². The minimum absolute atomic E-state index is 0.0550. The fraction of sp³-hybridized carbons (Fsp3) is 0.938. The molecule has 0 aromatic carbocycles. The minimum Gasteiger partial charge on any atom is -0.465 e. The second kappa shape index (κ2) is 5.98. The summed E-state index contributed by atoms with van der Waals surface area (Å²) in [5.74, 6) is -0.282. The van der Waals surface area contributed by atoms with Gasteiger partial charge in [0.05, 0.1) is 12.0 Å². The Labute approximate surface area is 121 Å². The van der Waals surface area contributed by atoms with Gasteiger partial charge < -0.3 is 4.74 Å². The maximum Gasteiger partial charge on any atom is 0.312 e. The standard InChI is InChI=1S/C16H28F2O2/c1-6-14(2,3)11-16(9-8-15(16,4)5)13(19)20-10-7-12(17)18/h12H,6-11H2,1-5H3. The van der Waals surface area contributed by atoms with Crippen LogP contribution in [0.2, 0.25) is 0 Å². The molecule has 1 atom stereocenters. The van der Waals surface area contributed by atoms with E-state index in [1.54, 1.807) is 0 Å². The van der Waals surface area contributed by atoms with Crippen LogP contribution in [0.5, 0.6) is 0 Å². The van der Waals surface area contributed by atoms with Crippen molar-refractivity contribution in [3.8, 4) is 0 Å². The first-order valence-electron chi connectivity index (χ1n) is 7.52. The fourth-order valence-corrected chi connectivity index (χ4v) is 3.03. The van der Waals surface area contributed by atoms with E-state index < -0.39 is 11.8 Å². The molecule has 1 aliphatic carbocycles. The molecular formula is C16H28F2O2. The van der Waals surface area contributed by atoms with Crippen molar-refractivity contribution in [2.45, 2.75) is 73.1 Å². The number of carbonyl (C=O) groups is 1. The summed E-state index contributed by atoms with van der Waals surface area (Å²) < 4.78 is 29.5. The van der Waals surface area contributed by atoms with Crippen molar-refractivity contribution in [2.24, 2.45) is 16.2 Å². The zero-order valence-electron chi connectivity index (χ0n) is 13.4. The molecule has 1 saturated carbocycles. The molecule has 0 aliphatic heterocycles. The lowest BCUT2D eigenvalue weighted by Crippen LogP contribution is -2.55. The smallest absolute Gasteiger partial charge is 0.312 e. The lowest BCUT2D eigenvalue weighted by Gasteiger charge is -2.56. The normalized spacial score (nSPS) is 25.4. The van der Waals surface area contributed by atoms with Crippen molar-refractivity contribution >= 4 is 5.97 Å². The lowest BCUT2D eigenvalue weighted by atomic mass is 9.47. The zero-order chi connectivity index (χ0) is 15.6. The van der Waals surface area contributed by atoms with E-state index in [2.05, 4.69) is 34.6 Å². The molecule has 1 rings (SSSR count). The fourth-order valence-electron chi connectivity index (χ4n) is 3.03. The zero-order valence-corrected chi connectivity index (χ0v) is 13.4. The van der Waals surface area contributed by atoms with E-state index in [1.165, 1.54) is 0 Å². The quantitative estimate of drug-likeness (QED) is 0.628. The van der Waals surface area contributed by atoms with Crippen LogP contribution in [-0.4, -0.2) is 19.0 Å². The third kappa shape index (κ3) is 3.50. The van der Waals surface area contributed by atoms with Gasteiger partial charge in [0.2, 0.25) is 6.43 Å². The highest BCUT2D eigenvalue weighted by atomic mass is 19.3. The summed E-state index contributed by atoms with van der Waals surface area (Å²) in [5, 5.41) is 0. The van der Waals surface area contributed by atoms with Crippen LogP contribution in [0.25, 0.3) is 0 Å². The van der Waals surface area contributed by atoms with E-state index in [0.717, 1.165) is 25.7 Å². The lowest BCUT2D eigenvalue weighted by molar-refractivity contribution is -0.184. The predicted octanol–water partition coefficient (Wildman–Crippen LogP) is 4.82. The van der Waals surface area contributed by atoms with Gasteiger partial charge in [-0.2, -0.15) is 0 Å². The van der Waals surface area contributed by atoms with Crippen LogP contribution >= 0.6 is 0 Å². The molecule has 0 bridgehead atoms. The molecule has 0 N–H and O–H groups in total. The molecule has 4 heteroatoms. The molecule has 0 spiro atoms. The van der Waals surface area contributed by atoms with Crippen LogP contribution in [0.1, 0.15) is 66.7 Å². The number of esters is 1. The van der Waals surface area contributed by atoms with Gasteiger partial charge in [-0.15, -0.1) is 0 Å². The Morgan fingerprint density at radius 3 is 2.25 bits per heavy atom. The van der Waals surface area contributed by atoms with E-state index in [-0.39, 0.29) is 29.8 Å². The Balaban J connectivity index is 2.78. The second-order valence-electron chi connectivity index (χ2n) is 7.48. The van der Waals surface area contributed by atoms with E-state index in [4.69, 9.17) is 4.74 Å². The van der Waals surface area contributed by atoms with Gasteiger partial charge in [-0.05, 0) is 30.1 Å². The topological polar surface area (TPSA) is 26.3 Å². The molecule has 0 aromatic heterocycles. The van der Waals surface area contributed by atoms with Gasteiger partial charge in [-0.25, -0.2) is 8.78 Å². The highest BCUT2D eigenvalue weighted by Crippen LogP contribution is 2.62. The summed E-state index contributed by atoms with van der Waals surface area (Å²) in [6.07, 6.45) is 0.736. The molecule has 1 unspecified atom stereocenters. The van der Waals surface area contributed by atoms with Gasteiger partial charge in [0.1, 0.15) is 0 Å². The molecule has 20 heavy (non-hydrogen) atoms. The van der Waals surface area contributed by atoms with Gasteiger partial charge in [0.25, 0.3) is 0 Å². The van der Waals surface area contributed by atoms with E-state index in [9.17, 15) is 13.6 Å². The monoisotopic (exact) mass is 290 g/mol. The molecule has 1 fully saturated rings. The third-order valence-corrected chi connectivity index (χ3v) is 5.17. The van der Waals surface area contributed by atoms with E-state index in [0.29, 0.717) is 0 Å². The van der Waals surface area contributed by atoms with Crippen molar-refractivity contribution in [3.63, 3.8) is 0 Å². The first-order chi connectivity index (χ1) is 9.06. The molecule has 0 aromatic rings. The van der Waals surface area contributed by atoms with Crippen LogP contribution in [0.3, 0.4) is 0 Å². The van der Waals surface area contributed by atoms with Gasteiger partial charge in [-0.1, -0.05) is 41.0 Å². The van der Waals surface area contributed by atoms with Crippen LogP contribution in [0.4, 0.5) is 8.78 Å². The number of alkyl halides is 2. The SMILES string of the molecule is CCC(C)(C)CC1(C(=O)OCCC(F)F)CCC1(C)C. The first kappa shape index (κ1) is 17.4. The number of rotatable bonds is 7. The molecule has 2 nitrogen and oxygen atoms in total. The highest BCUT2D eigenvalue weighted by Gasteiger charge is 2.60. The summed E-state index contributed by atoms with van der Waals surface area (Å²) in [6.45, 7) is 10.4. The number of hydrogen-bond acceptors (Lipinski definition) is 2. The third-order valence-electron chi connectivity index (χ3n) is 5.17. The van der Waals surface area contributed by atoms with Crippen LogP contribution in [0.15, 0.2) is 0 Å². The van der Waals surface area contributed by atoms with Crippen LogP contribution in [0, 0.1) is 16.2 Å². The number of ether oxygens (including phenoxy) is 1. The number of carbonyl (C=O) groups excluding carboxylic acids is 1. The molecule has 1 aliphatic rings. The largest absolute Gasteiger partial charge is 0.465 e. The molecule has 0 radical (unpaired) electrons. The van der Waals surface area contributed by atoms with Crippen molar-refractivity contribution in [2.75, 3.05) is 6.61 Å². The summed E-state index contributed by atoms with van der Waals surface area (Å²) in [5.41, 5.74) is -0.560. The second-order valence-corrected chi connectivity index (χ2v) is 7.48. The Hall–Kier alpha value is -0.670. The highest BCUT2D eigenvalue weighted by molar-refractivity contribution is 5.79. The Kier molecular flexibility index (Phi) is 5.20. The number of halogens is 2. The van der Waals surface area contributed by atoms with E-state index >= 15 is 0 Å². The molecule has 0 saturated heterocycles. The van der Waals surface area contributed by atoms with Crippen molar-refractivity contribution in [1.29, 1.82) is 0 Å². The summed E-state index contributed by atoms with van der Waals surface area (Å²) >= 11 is 0. The Morgan fingerprint density at radius 2 is 1.90 bits per heavy atom. The molecule has 0 heterocycles. The minimum atomic E-state index is -2.42. The van der Waals surface area contributed by atoms with Gasteiger partial charge in [-0.3, -0.25) is 4.79 Å². The Bertz CT molecular complexity index is 350. The van der Waals surface area contributed by atoms with Gasteiger partial charge in [0, 0.05) is 6.42 Å². The van der Waals surface area contributed by atoms with Crippen molar-refractivity contribution in [1.82, 2.24) is 0 Å². The average molecular weight is 290 g/mol. The van der Waals surface area contributed by atoms with Crippen LogP contribution in [-0.2, 0) is 9.53 Å². The predicted molar refractivity (Wildman–Crippen MR) is 75.7 cm³/mol. The average Bonchev–Trinajstić information content (AvgIpc) is 2.34. The van der Waals surface area contributed by atoms with Crippen LogP contribution < -0.4 is 0 Å². The first-order valence-corrected chi connectivity index (χ1v) is 7.52. The maximum atomic E-state index is 12.5. The van der Waals surface area contributed by atoms with Crippen molar-refractivity contribution in [3.05, 3.63) is 0 Å². The summed E-state index contributed by atoms with van der Waals surface area (Å²) in [7, 11) is 0. The van der Waals surface area contributed by atoms with Crippen molar-refractivity contribution < 1.29 is 18.3 Å². The Morgan fingerprint density at radius 1 is 1.30 bits per heavy atom. The molecule has 118 valence electrons. The van der Waals surface area contributed by atoms with Gasteiger partial charge >= 0.3 is 5.97 Å². The van der Waals surface area contributed by atoms with E-state index in [1.807, 2.05) is 0 Å². The summed E-state index contributed by atoms with van der Waals surface area (Å²) in [4.78, 5) is 12.5. The molecule has 0 amide bonds. The molecular weight excluding hydrogens is 262 g/mol.